The summed E-state index contributed by atoms with van der Waals surface area (Å²) in [5.74, 6) is 3.74. The lowest BCUT2D eigenvalue weighted by Gasteiger charge is -2.06. The fraction of sp³-hybridized carbons (Fsp3) is 0.333. The van der Waals surface area contributed by atoms with E-state index in [1.165, 1.54) is 5.57 Å². The molecule has 1 nitrogen and oxygen atoms in total. The van der Waals surface area contributed by atoms with Gasteiger partial charge in [0.1, 0.15) is 5.76 Å². The molecule has 0 saturated heterocycles. The molecule has 0 radical (unpaired) electrons. The van der Waals surface area contributed by atoms with Crippen LogP contribution in [0.15, 0.2) is 28.4 Å². The minimum atomic E-state index is 0.0484. The molecule has 0 N–H and O–H groups in total. The van der Waals surface area contributed by atoms with Gasteiger partial charge in [-0.2, -0.15) is 0 Å². The largest absolute Gasteiger partial charge is 0.465 e. The molecule has 2 rings (SSSR count). The molecule has 1 saturated carbocycles. The Balaban J connectivity index is 2.23. The number of rotatable bonds is 2. The third kappa shape index (κ3) is 1.40. The van der Waals surface area contributed by atoms with Crippen LogP contribution >= 0.6 is 0 Å². The SMILES string of the molecule is C#CC1(/C(C)=C/c2ccco2)CC1. The molecule has 1 aromatic rings. The molecule has 0 amide bonds. The molecule has 0 spiro atoms. The summed E-state index contributed by atoms with van der Waals surface area (Å²) in [5, 5.41) is 0. The van der Waals surface area contributed by atoms with E-state index in [0.29, 0.717) is 0 Å². The zero-order valence-corrected chi connectivity index (χ0v) is 7.71. The Kier molecular flexibility index (Phi) is 1.77. The molecule has 1 heteroatoms. The molecular formula is C12H12O. The van der Waals surface area contributed by atoms with E-state index in [0.717, 1.165) is 18.6 Å². The van der Waals surface area contributed by atoms with Gasteiger partial charge in [-0.1, -0.05) is 11.5 Å². The van der Waals surface area contributed by atoms with E-state index in [2.05, 4.69) is 12.8 Å². The molecule has 0 aromatic carbocycles. The molecular weight excluding hydrogens is 160 g/mol. The van der Waals surface area contributed by atoms with Gasteiger partial charge in [0, 0.05) is 0 Å². The maximum absolute atomic E-state index is 5.48. The average Bonchev–Trinajstić information content (AvgIpc) is 2.79. The third-order valence-corrected chi connectivity index (χ3v) is 2.68. The zero-order chi connectivity index (χ0) is 9.31. The fourth-order valence-electron chi connectivity index (χ4n) is 1.50. The molecule has 1 aromatic heterocycles. The summed E-state index contributed by atoms with van der Waals surface area (Å²) in [6.07, 6.45) is 11.4. The van der Waals surface area contributed by atoms with E-state index in [4.69, 9.17) is 10.8 Å². The highest BCUT2D eigenvalue weighted by Gasteiger charge is 2.42. The van der Waals surface area contributed by atoms with Gasteiger partial charge >= 0.3 is 0 Å². The maximum Gasteiger partial charge on any atom is 0.126 e. The Hall–Kier alpha value is -1.42. The highest BCUT2D eigenvalue weighted by Crippen LogP contribution is 2.51. The first-order valence-electron chi connectivity index (χ1n) is 4.47. The van der Waals surface area contributed by atoms with Crippen LogP contribution in [0.25, 0.3) is 6.08 Å². The summed E-state index contributed by atoms with van der Waals surface area (Å²) in [6, 6.07) is 3.82. The Morgan fingerprint density at radius 1 is 1.69 bits per heavy atom. The third-order valence-electron chi connectivity index (χ3n) is 2.68. The van der Waals surface area contributed by atoms with Crippen LogP contribution in [0.2, 0.25) is 0 Å². The standard InChI is InChI=1S/C12H12O/c1-3-12(6-7-12)10(2)9-11-5-4-8-13-11/h1,4-5,8-9H,6-7H2,2H3/b10-9+. The van der Waals surface area contributed by atoms with Crippen LogP contribution in [0, 0.1) is 17.8 Å². The number of allylic oxidation sites excluding steroid dienone is 1. The van der Waals surface area contributed by atoms with Gasteiger partial charge in [0.2, 0.25) is 0 Å². The molecule has 66 valence electrons. The summed E-state index contributed by atoms with van der Waals surface area (Å²) in [5.41, 5.74) is 1.29. The lowest BCUT2D eigenvalue weighted by Crippen LogP contribution is -1.96. The summed E-state index contributed by atoms with van der Waals surface area (Å²) in [7, 11) is 0. The van der Waals surface area contributed by atoms with Gasteiger partial charge < -0.3 is 4.42 Å². The Bertz CT molecular complexity index is 358. The maximum atomic E-state index is 5.48. The quantitative estimate of drug-likeness (QED) is 0.625. The predicted molar refractivity (Wildman–Crippen MR) is 52.9 cm³/mol. The van der Waals surface area contributed by atoms with Crippen LogP contribution < -0.4 is 0 Å². The van der Waals surface area contributed by atoms with Gasteiger partial charge in [-0.05, 0) is 38.0 Å². The van der Waals surface area contributed by atoms with Crippen molar-refractivity contribution in [3.8, 4) is 12.3 Å². The van der Waals surface area contributed by atoms with E-state index in [9.17, 15) is 0 Å². The van der Waals surface area contributed by atoms with Crippen molar-refractivity contribution in [1.82, 2.24) is 0 Å². The molecule has 0 aliphatic heterocycles. The van der Waals surface area contributed by atoms with Crippen molar-refractivity contribution in [2.75, 3.05) is 0 Å². The minimum absolute atomic E-state index is 0.0484. The number of hydrogen-bond acceptors (Lipinski definition) is 1. The first kappa shape index (κ1) is 8.19. The number of furan rings is 1. The topological polar surface area (TPSA) is 13.1 Å². The molecule has 1 aliphatic carbocycles. The second-order valence-electron chi connectivity index (χ2n) is 3.57. The second kappa shape index (κ2) is 2.81. The van der Waals surface area contributed by atoms with Gasteiger partial charge in [0.15, 0.2) is 0 Å². The normalized spacial score (nSPS) is 19.5. The van der Waals surface area contributed by atoms with Crippen molar-refractivity contribution in [1.29, 1.82) is 0 Å². The predicted octanol–water partition coefficient (Wildman–Crippen LogP) is 3.10. The van der Waals surface area contributed by atoms with Gasteiger partial charge in [-0.15, -0.1) is 6.42 Å². The molecule has 0 unspecified atom stereocenters. The molecule has 13 heavy (non-hydrogen) atoms. The van der Waals surface area contributed by atoms with Gasteiger partial charge in [-0.25, -0.2) is 0 Å². The fourth-order valence-corrected chi connectivity index (χ4v) is 1.50. The number of terminal acetylenes is 1. The van der Waals surface area contributed by atoms with Crippen LogP contribution in [0.4, 0.5) is 0 Å². The molecule has 0 bridgehead atoms. The summed E-state index contributed by atoms with van der Waals surface area (Å²) in [4.78, 5) is 0. The van der Waals surface area contributed by atoms with Crippen LogP contribution in [0.5, 0.6) is 0 Å². The lowest BCUT2D eigenvalue weighted by molar-refractivity contribution is 0.555. The summed E-state index contributed by atoms with van der Waals surface area (Å²) in [6.45, 7) is 2.08. The highest BCUT2D eigenvalue weighted by molar-refractivity contribution is 5.52. The Morgan fingerprint density at radius 3 is 2.92 bits per heavy atom. The van der Waals surface area contributed by atoms with Crippen molar-refractivity contribution < 1.29 is 4.42 Å². The van der Waals surface area contributed by atoms with Crippen molar-refractivity contribution in [2.45, 2.75) is 19.8 Å². The monoisotopic (exact) mass is 172 g/mol. The Morgan fingerprint density at radius 2 is 2.46 bits per heavy atom. The highest BCUT2D eigenvalue weighted by atomic mass is 16.3. The molecule has 0 atom stereocenters. The Labute approximate surface area is 78.4 Å². The van der Waals surface area contributed by atoms with Gasteiger partial charge in [-0.3, -0.25) is 0 Å². The second-order valence-corrected chi connectivity index (χ2v) is 3.57. The number of hydrogen-bond donors (Lipinski definition) is 0. The summed E-state index contributed by atoms with van der Waals surface area (Å²) < 4.78 is 5.23. The van der Waals surface area contributed by atoms with E-state index < -0.39 is 0 Å². The van der Waals surface area contributed by atoms with Crippen molar-refractivity contribution in [3.05, 3.63) is 29.7 Å². The average molecular weight is 172 g/mol. The minimum Gasteiger partial charge on any atom is -0.465 e. The van der Waals surface area contributed by atoms with Crippen LogP contribution in [-0.4, -0.2) is 0 Å². The van der Waals surface area contributed by atoms with Crippen LogP contribution in [0.1, 0.15) is 25.5 Å². The van der Waals surface area contributed by atoms with Crippen molar-refractivity contribution in [2.24, 2.45) is 5.41 Å². The van der Waals surface area contributed by atoms with E-state index in [1.54, 1.807) is 6.26 Å². The van der Waals surface area contributed by atoms with Crippen molar-refractivity contribution >= 4 is 6.08 Å². The first-order chi connectivity index (χ1) is 6.27. The molecule has 1 fully saturated rings. The summed E-state index contributed by atoms with van der Waals surface area (Å²) >= 11 is 0. The van der Waals surface area contributed by atoms with E-state index in [1.807, 2.05) is 18.2 Å². The van der Waals surface area contributed by atoms with E-state index in [-0.39, 0.29) is 5.41 Å². The first-order valence-corrected chi connectivity index (χ1v) is 4.47. The van der Waals surface area contributed by atoms with Crippen LogP contribution in [0.3, 0.4) is 0 Å². The van der Waals surface area contributed by atoms with Crippen LogP contribution in [-0.2, 0) is 0 Å². The molecule has 1 aliphatic rings. The van der Waals surface area contributed by atoms with E-state index >= 15 is 0 Å². The van der Waals surface area contributed by atoms with Gasteiger partial charge in [0.25, 0.3) is 0 Å². The van der Waals surface area contributed by atoms with Crippen molar-refractivity contribution in [3.63, 3.8) is 0 Å². The molecule has 1 heterocycles. The smallest absolute Gasteiger partial charge is 0.126 e. The zero-order valence-electron chi connectivity index (χ0n) is 7.71. The lowest BCUT2D eigenvalue weighted by atomic mass is 9.98. The van der Waals surface area contributed by atoms with Gasteiger partial charge in [0.05, 0.1) is 11.7 Å².